The SMILES string of the molecule is C[C@]12CC[C@H]3[C@@H](CC=C4CC(O)CC[C@@]43C)[C@@H]1CC[C@@H]2S. The van der Waals surface area contributed by atoms with Crippen LogP contribution in [0.4, 0.5) is 0 Å². The Kier molecular flexibility index (Phi) is 3.32. The van der Waals surface area contributed by atoms with Gasteiger partial charge >= 0.3 is 0 Å². The van der Waals surface area contributed by atoms with Gasteiger partial charge in [-0.1, -0.05) is 25.5 Å². The van der Waals surface area contributed by atoms with Crippen molar-refractivity contribution in [2.75, 3.05) is 0 Å². The molecule has 3 fully saturated rings. The van der Waals surface area contributed by atoms with E-state index in [1.807, 2.05) is 0 Å². The maximum absolute atomic E-state index is 10.0. The fraction of sp³-hybridized carbons (Fsp3) is 0.895. The topological polar surface area (TPSA) is 20.2 Å². The Morgan fingerprint density at radius 2 is 1.90 bits per heavy atom. The Morgan fingerprint density at radius 3 is 2.71 bits per heavy atom. The summed E-state index contributed by atoms with van der Waals surface area (Å²) < 4.78 is 0. The molecule has 118 valence electrons. The van der Waals surface area contributed by atoms with Crippen LogP contribution in [0.3, 0.4) is 0 Å². The van der Waals surface area contributed by atoms with Crippen LogP contribution in [0.1, 0.15) is 65.2 Å². The fourth-order valence-electron chi connectivity index (χ4n) is 6.61. The highest BCUT2D eigenvalue weighted by atomic mass is 32.1. The first-order valence-corrected chi connectivity index (χ1v) is 9.52. The zero-order valence-corrected chi connectivity index (χ0v) is 14.4. The number of rotatable bonds is 0. The summed E-state index contributed by atoms with van der Waals surface area (Å²) in [6, 6.07) is 0. The van der Waals surface area contributed by atoms with E-state index >= 15 is 0 Å². The molecular weight excluding hydrogens is 276 g/mol. The van der Waals surface area contributed by atoms with Crippen LogP contribution in [0.15, 0.2) is 11.6 Å². The van der Waals surface area contributed by atoms with Crippen molar-refractivity contribution in [1.82, 2.24) is 0 Å². The summed E-state index contributed by atoms with van der Waals surface area (Å²) in [7, 11) is 0. The lowest BCUT2D eigenvalue weighted by atomic mass is 9.48. The average Bonchev–Trinajstić information content (AvgIpc) is 2.76. The highest BCUT2D eigenvalue weighted by Gasteiger charge is 2.57. The van der Waals surface area contributed by atoms with Crippen molar-refractivity contribution in [2.24, 2.45) is 28.6 Å². The third-order valence-electron chi connectivity index (χ3n) is 8.03. The van der Waals surface area contributed by atoms with Gasteiger partial charge in [-0.25, -0.2) is 0 Å². The highest BCUT2D eigenvalue weighted by Crippen LogP contribution is 2.65. The molecule has 1 nitrogen and oxygen atoms in total. The maximum Gasteiger partial charge on any atom is 0.0577 e. The molecule has 0 heterocycles. The Labute approximate surface area is 135 Å². The van der Waals surface area contributed by atoms with Crippen LogP contribution in [-0.2, 0) is 0 Å². The van der Waals surface area contributed by atoms with Crippen molar-refractivity contribution in [3.8, 4) is 0 Å². The summed E-state index contributed by atoms with van der Waals surface area (Å²) in [5, 5.41) is 10.7. The van der Waals surface area contributed by atoms with E-state index in [4.69, 9.17) is 12.6 Å². The van der Waals surface area contributed by atoms with E-state index in [0.717, 1.165) is 30.6 Å². The van der Waals surface area contributed by atoms with E-state index in [-0.39, 0.29) is 6.10 Å². The third kappa shape index (κ3) is 1.94. The molecule has 4 aliphatic rings. The molecular formula is C19H30OS. The van der Waals surface area contributed by atoms with Crippen molar-refractivity contribution >= 4 is 12.6 Å². The minimum absolute atomic E-state index is 0.0805. The second kappa shape index (κ2) is 4.77. The highest BCUT2D eigenvalue weighted by molar-refractivity contribution is 7.81. The van der Waals surface area contributed by atoms with Gasteiger partial charge in [0, 0.05) is 5.25 Å². The molecule has 0 bridgehead atoms. The van der Waals surface area contributed by atoms with Crippen LogP contribution in [0.5, 0.6) is 0 Å². The molecule has 2 heteroatoms. The minimum Gasteiger partial charge on any atom is -0.393 e. The van der Waals surface area contributed by atoms with E-state index in [9.17, 15) is 5.11 Å². The van der Waals surface area contributed by atoms with Crippen molar-refractivity contribution in [3.05, 3.63) is 11.6 Å². The van der Waals surface area contributed by atoms with Crippen LogP contribution in [0, 0.1) is 28.6 Å². The summed E-state index contributed by atoms with van der Waals surface area (Å²) in [6.45, 7) is 5.03. The first-order chi connectivity index (χ1) is 9.95. The van der Waals surface area contributed by atoms with E-state index in [1.54, 1.807) is 5.57 Å². The first kappa shape index (κ1) is 14.6. The van der Waals surface area contributed by atoms with Crippen molar-refractivity contribution in [1.29, 1.82) is 0 Å². The van der Waals surface area contributed by atoms with Crippen molar-refractivity contribution in [3.63, 3.8) is 0 Å². The molecule has 0 aromatic rings. The van der Waals surface area contributed by atoms with Gasteiger partial charge in [0.15, 0.2) is 0 Å². The van der Waals surface area contributed by atoms with Gasteiger partial charge in [0.1, 0.15) is 0 Å². The monoisotopic (exact) mass is 306 g/mol. The zero-order chi connectivity index (χ0) is 14.8. The number of allylic oxidation sites excluding steroid dienone is 1. The maximum atomic E-state index is 10.0. The van der Waals surface area contributed by atoms with Gasteiger partial charge < -0.3 is 5.11 Å². The Morgan fingerprint density at radius 1 is 1.10 bits per heavy atom. The third-order valence-corrected chi connectivity index (χ3v) is 8.88. The second-order valence-electron chi connectivity index (χ2n) is 8.79. The lowest BCUT2D eigenvalue weighted by Crippen LogP contribution is -2.50. The number of aliphatic hydroxyl groups excluding tert-OH is 1. The standard InChI is InChI=1S/C19H30OS/c1-18-9-7-13(20)11-12(18)3-4-14-15-5-6-17(21)19(15,2)10-8-16(14)18/h3,13-17,20-21H,4-11H2,1-2H3/t13?,14-,15-,16-,17-,18-,19-/m0/s1. The number of fused-ring (bicyclic) bond motifs is 5. The van der Waals surface area contributed by atoms with Gasteiger partial charge in [0.25, 0.3) is 0 Å². The Balaban J connectivity index is 1.68. The van der Waals surface area contributed by atoms with Gasteiger partial charge in [-0.05, 0) is 80.0 Å². The summed E-state index contributed by atoms with van der Waals surface area (Å²) >= 11 is 4.93. The first-order valence-electron chi connectivity index (χ1n) is 9.01. The molecule has 1 unspecified atom stereocenters. The molecule has 3 saturated carbocycles. The number of aliphatic hydroxyl groups is 1. The smallest absolute Gasteiger partial charge is 0.0577 e. The zero-order valence-electron chi connectivity index (χ0n) is 13.5. The second-order valence-corrected chi connectivity index (χ2v) is 9.42. The van der Waals surface area contributed by atoms with Gasteiger partial charge in [0.2, 0.25) is 0 Å². The molecule has 0 aromatic carbocycles. The lowest BCUT2D eigenvalue weighted by Gasteiger charge is -2.57. The van der Waals surface area contributed by atoms with Crippen LogP contribution < -0.4 is 0 Å². The summed E-state index contributed by atoms with van der Waals surface area (Å²) in [4.78, 5) is 0. The Hall–Kier alpha value is 0.0500. The molecule has 4 rings (SSSR count). The summed E-state index contributed by atoms with van der Waals surface area (Å²) in [6.07, 6.45) is 12.3. The fourth-order valence-corrected chi connectivity index (χ4v) is 7.08. The van der Waals surface area contributed by atoms with E-state index in [0.29, 0.717) is 16.1 Å². The van der Waals surface area contributed by atoms with Crippen molar-refractivity contribution < 1.29 is 5.11 Å². The number of thiol groups is 1. The molecule has 1 N–H and O–H groups in total. The van der Waals surface area contributed by atoms with E-state index in [1.165, 1.54) is 38.5 Å². The molecule has 0 amide bonds. The molecule has 0 aromatic heterocycles. The molecule has 0 saturated heterocycles. The van der Waals surface area contributed by atoms with Crippen LogP contribution in [0.2, 0.25) is 0 Å². The largest absolute Gasteiger partial charge is 0.393 e. The number of hydrogen-bond acceptors (Lipinski definition) is 2. The van der Waals surface area contributed by atoms with Gasteiger partial charge in [-0.15, -0.1) is 0 Å². The molecule has 0 radical (unpaired) electrons. The summed E-state index contributed by atoms with van der Waals surface area (Å²) in [5.74, 6) is 2.63. The molecule has 0 spiro atoms. The van der Waals surface area contributed by atoms with Gasteiger partial charge in [-0.3, -0.25) is 0 Å². The molecule has 21 heavy (non-hydrogen) atoms. The van der Waals surface area contributed by atoms with Crippen LogP contribution >= 0.6 is 12.6 Å². The van der Waals surface area contributed by atoms with Crippen LogP contribution in [-0.4, -0.2) is 16.5 Å². The Bertz CT molecular complexity index is 472. The van der Waals surface area contributed by atoms with Gasteiger partial charge in [-0.2, -0.15) is 12.6 Å². The van der Waals surface area contributed by atoms with Crippen LogP contribution in [0.25, 0.3) is 0 Å². The minimum atomic E-state index is -0.0805. The van der Waals surface area contributed by atoms with E-state index < -0.39 is 0 Å². The predicted octanol–water partition coefficient (Wildman–Crippen LogP) is 4.61. The summed E-state index contributed by atoms with van der Waals surface area (Å²) in [5.41, 5.74) is 2.46. The predicted molar refractivity (Wildman–Crippen MR) is 90.5 cm³/mol. The molecule has 0 aliphatic heterocycles. The lowest BCUT2D eigenvalue weighted by molar-refractivity contribution is -0.0345. The number of hydrogen-bond donors (Lipinski definition) is 2. The quantitative estimate of drug-likeness (QED) is 0.495. The molecule has 4 aliphatic carbocycles. The van der Waals surface area contributed by atoms with E-state index in [2.05, 4.69) is 19.9 Å². The van der Waals surface area contributed by atoms with Gasteiger partial charge in [0.05, 0.1) is 6.10 Å². The molecule has 7 atom stereocenters. The van der Waals surface area contributed by atoms with Crippen molar-refractivity contribution in [2.45, 2.75) is 76.6 Å². The average molecular weight is 307 g/mol. The normalized spacial score (nSPS) is 56.2.